The van der Waals surface area contributed by atoms with Crippen LogP contribution in [0.25, 0.3) is 0 Å². The van der Waals surface area contributed by atoms with Gasteiger partial charge in [0.25, 0.3) is 0 Å². The quantitative estimate of drug-likeness (QED) is 0.852. The lowest BCUT2D eigenvalue weighted by Gasteiger charge is -2.21. The molecule has 0 amide bonds. The summed E-state index contributed by atoms with van der Waals surface area (Å²) in [6.07, 6.45) is 2.69. The zero-order valence-electron chi connectivity index (χ0n) is 9.51. The molecule has 1 fully saturated rings. The molecule has 1 aliphatic heterocycles. The first-order valence-corrected chi connectivity index (χ1v) is 6.61. The Balaban J connectivity index is 2.05. The van der Waals surface area contributed by atoms with Gasteiger partial charge in [-0.1, -0.05) is 23.2 Å². The average Bonchev–Trinajstić information content (AvgIpc) is 2.33. The Morgan fingerprint density at radius 1 is 1.29 bits per heavy atom. The van der Waals surface area contributed by atoms with Crippen LogP contribution in [0.5, 0.6) is 0 Å². The maximum atomic E-state index is 12.1. The van der Waals surface area contributed by atoms with Crippen molar-refractivity contribution in [2.45, 2.75) is 19.3 Å². The Bertz CT molecular complexity index is 414. The minimum Gasteiger partial charge on any atom is -0.317 e. The molecule has 2 nitrogen and oxygen atoms in total. The maximum absolute atomic E-state index is 12.1. The number of Topliss-reactive ketones (excluding diaryl/α,β-unsaturated/α-hetero) is 1. The molecule has 0 spiro atoms. The Hall–Kier alpha value is -0.570. The van der Waals surface area contributed by atoms with Crippen LogP contribution in [0, 0.1) is 5.92 Å². The molecule has 92 valence electrons. The SMILES string of the molecule is O=C(CC1CCNCC1)c1cc(Cl)ccc1Cl. The van der Waals surface area contributed by atoms with Gasteiger partial charge >= 0.3 is 0 Å². The van der Waals surface area contributed by atoms with Gasteiger partial charge in [-0.05, 0) is 50.0 Å². The van der Waals surface area contributed by atoms with Crippen LogP contribution < -0.4 is 5.32 Å². The van der Waals surface area contributed by atoms with E-state index in [1.54, 1.807) is 18.2 Å². The maximum Gasteiger partial charge on any atom is 0.164 e. The number of hydrogen-bond acceptors (Lipinski definition) is 2. The van der Waals surface area contributed by atoms with Gasteiger partial charge in [-0.15, -0.1) is 0 Å². The normalized spacial score (nSPS) is 17.1. The highest BCUT2D eigenvalue weighted by molar-refractivity contribution is 6.35. The van der Waals surface area contributed by atoms with Gasteiger partial charge in [0.2, 0.25) is 0 Å². The van der Waals surface area contributed by atoms with E-state index in [1.807, 2.05) is 0 Å². The number of piperidine rings is 1. The van der Waals surface area contributed by atoms with Crippen LogP contribution >= 0.6 is 23.2 Å². The van der Waals surface area contributed by atoms with Crippen LogP contribution in [0.4, 0.5) is 0 Å². The number of rotatable bonds is 3. The van der Waals surface area contributed by atoms with Crippen molar-refractivity contribution < 1.29 is 4.79 Å². The number of hydrogen-bond donors (Lipinski definition) is 1. The van der Waals surface area contributed by atoms with Crippen LogP contribution in [-0.2, 0) is 0 Å². The van der Waals surface area contributed by atoms with E-state index in [9.17, 15) is 4.79 Å². The van der Waals surface area contributed by atoms with E-state index in [0.717, 1.165) is 25.9 Å². The molecule has 1 aliphatic rings. The predicted octanol–water partition coefficient (Wildman–Crippen LogP) is 3.57. The first-order chi connectivity index (χ1) is 8.16. The zero-order valence-corrected chi connectivity index (χ0v) is 11.0. The van der Waals surface area contributed by atoms with E-state index >= 15 is 0 Å². The molecule has 0 saturated carbocycles. The predicted molar refractivity (Wildman–Crippen MR) is 71.0 cm³/mol. The highest BCUT2D eigenvalue weighted by Gasteiger charge is 2.19. The van der Waals surface area contributed by atoms with Crippen LogP contribution in [0.3, 0.4) is 0 Å². The molecule has 1 aromatic rings. The van der Waals surface area contributed by atoms with Gasteiger partial charge in [-0.2, -0.15) is 0 Å². The molecule has 2 rings (SSSR count). The number of halogens is 2. The van der Waals surface area contributed by atoms with E-state index < -0.39 is 0 Å². The summed E-state index contributed by atoms with van der Waals surface area (Å²) in [7, 11) is 0. The minimum absolute atomic E-state index is 0.101. The summed E-state index contributed by atoms with van der Waals surface area (Å²) in [5.41, 5.74) is 0.553. The molecule has 1 heterocycles. The van der Waals surface area contributed by atoms with Gasteiger partial charge in [0.05, 0.1) is 5.02 Å². The van der Waals surface area contributed by atoms with Crippen molar-refractivity contribution in [3.05, 3.63) is 33.8 Å². The second kappa shape index (κ2) is 5.85. The van der Waals surface area contributed by atoms with Gasteiger partial charge < -0.3 is 5.32 Å². The van der Waals surface area contributed by atoms with Crippen LogP contribution in [0.15, 0.2) is 18.2 Å². The second-order valence-electron chi connectivity index (χ2n) is 4.44. The Labute approximate surface area is 111 Å². The molecule has 0 aliphatic carbocycles. The second-order valence-corrected chi connectivity index (χ2v) is 5.29. The summed E-state index contributed by atoms with van der Waals surface area (Å²) in [5, 5.41) is 4.34. The third-order valence-corrected chi connectivity index (χ3v) is 3.73. The zero-order chi connectivity index (χ0) is 12.3. The molecule has 1 saturated heterocycles. The van der Waals surface area contributed by atoms with Gasteiger partial charge in [0, 0.05) is 17.0 Å². The van der Waals surface area contributed by atoms with Crippen molar-refractivity contribution in [2.24, 2.45) is 5.92 Å². The first kappa shape index (κ1) is 12.9. The fraction of sp³-hybridized carbons (Fsp3) is 0.462. The molecular formula is C13H15Cl2NO. The first-order valence-electron chi connectivity index (χ1n) is 5.86. The topological polar surface area (TPSA) is 29.1 Å². The summed E-state index contributed by atoms with van der Waals surface area (Å²) < 4.78 is 0. The van der Waals surface area contributed by atoms with Crippen molar-refractivity contribution >= 4 is 29.0 Å². The Morgan fingerprint density at radius 3 is 2.71 bits per heavy atom. The third-order valence-electron chi connectivity index (χ3n) is 3.16. The van der Waals surface area contributed by atoms with Gasteiger partial charge in [0.1, 0.15) is 0 Å². The molecule has 0 bridgehead atoms. The van der Waals surface area contributed by atoms with Gasteiger partial charge in [-0.25, -0.2) is 0 Å². The number of carbonyl (C=O) groups is 1. The number of ketones is 1. The monoisotopic (exact) mass is 271 g/mol. The van der Waals surface area contributed by atoms with Gasteiger partial charge in [0.15, 0.2) is 5.78 Å². The standard InChI is InChI=1S/C13H15Cl2NO/c14-10-1-2-12(15)11(8-10)13(17)7-9-3-5-16-6-4-9/h1-2,8-9,16H,3-7H2. The summed E-state index contributed by atoms with van der Waals surface area (Å²) in [5.74, 6) is 0.572. The van der Waals surface area contributed by atoms with Crippen molar-refractivity contribution in [3.8, 4) is 0 Å². The van der Waals surface area contributed by atoms with Crippen LogP contribution in [-0.4, -0.2) is 18.9 Å². The van der Waals surface area contributed by atoms with Crippen LogP contribution in [0.2, 0.25) is 10.0 Å². The molecular weight excluding hydrogens is 257 g/mol. The van der Waals surface area contributed by atoms with E-state index in [-0.39, 0.29) is 5.78 Å². The largest absolute Gasteiger partial charge is 0.317 e. The van der Waals surface area contributed by atoms with E-state index in [1.165, 1.54) is 0 Å². The Morgan fingerprint density at radius 2 is 2.00 bits per heavy atom. The van der Waals surface area contributed by atoms with E-state index in [0.29, 0.717) is 27.9 Å². The van der Waals surface area contributed by atoms with Crippen LogP contribution in [0.1, 0.15) is 29.6 Å². The highest BCUT2D eigenvalue weighted by Crippen LogP contribution is 2.25. The van der Waals surface area contributed by atoms with E-state index in [4.69, 9.17) is 23.2 Å². The highest BCUT2D eigenvalue weighted by atomic mass is 35.5. The minimum atomic E-state index is 0.101. The van der Waals surface area contributed by atoms with Gasteiger partial charge in [-0.3, -0.25) is 4.79 Å². The van der Waals surface area contributed by atoms with Crippen molar-refractivity contribution in [1.82, 2.24) is 5.32 Å². The number of benzene rings is 1. The third kappa shape index (κ3) is 3.44. The summed E-state index contributed by atoms with van der Waals surface area (Å²) in [6.45, 7) is 2.00. The molecule has 0 aromatic heterocycles. The molecule has 1 N–H and O–H groups in total. The summed E-state index contributed by atoms with van der Waals surface area (Å²) >= 11 is 11.9. The number of nitrogens with one attached hydrogen (secondary N) is 1. The van der Waals surface area contributed by atoms with E-state index in [2.05, 4.69) is 5.32 Å². The molecule has 0 atom stereocenters. The molecule has 1 aromatic carbocycles. The fourth-order valence-corrected chi connectivity index (χ4v) is 2.56. The average molecular weight is 272 g/mol. The molecule has 4 heteroatoms. The van der Waals surface area contributed by atoms with Crippen molar-refractivity contribution in [3.63, 3.8) is 0 Å². The lowest BCUT2D eigenvalue weighted by Crippen LogP contribution is -2.28. The molecule has 0 unspecified atom stereocenters. The summed E-state index contributed by atoms with van der Waals surface area (Å²) in [4.78, 5) is 12.1. The summed E-state index contributed by atoms with van der Waals surface area (Å²) in [6, 6.07) is 5.04. The molecule has 0 radical (unpaired) electrons. The lowest BCUT2D eigenvalue weighted by molar-refractivity contribution is 0.0952. The fourth-order valence-electron chi connectivity index (χ4n) is 2.17. The lowest BCUT2D eigenvalue weighted by atomic mass is 9.90. The van der Waals surface area contributed by atoms with Crippen molar-refractivity contribution in [1.29, 1.82) is 0 Å². The van der Waals surface area contributed by atoms with Crippen molar-refractivity contribution in [2.75, 3.05) is 13.1 Å². The Kier molecular flexibility index (Phi) is 4.43. The number of carbonyl (C=O) groups excluding carboxylic acids is 1. The smallest absolute Gasteiger partial charge is 0.164 e. The molecule has 17 heavy (non-hydrogen) atoms.